The highest BCUT2D eigenvalue weighted by molar-refractivity contribution is 5.54. The summed E-state index contributed by atoms with van der Waals surface area (Å²) in [7, 11) is 0. The van der Waals surface area contributed by atoms with Gasteiger partial charge in [0, 0.05) is 30.9 Å². The molecule has 1 N–H and O–H groups in total. The molecule has 0 atom stereocenters. The van der Waals surface area contributed by atoms with Gasteiger partial charge in [0.25, 0.3) is 0 Å². The normalized spacial score (nSPS) is 16.3. The van der Waals surface area contributed by atoms with Crippen LogP contribution >= 0.6 is 0 Å². The van der Waals surface area contributed by atoms with Gasteiger partial charge in [0.1, 0.15) is 0 Å². The second-order valence-electron chi connectivity index (χ2n) is 5.91. The van der Waals surface area contributed by atoms with Crippen LogP contribution in [0.2, 0.25) is 0 Å². The molecule has 1 fully saturated rings. The first kappa shape index (κ1) is 13.4. The van der Waals surface area contributed by atoms with Crippen LogP contribution in [0.25, 0.3) is 0 Å². The summed E-state index contributed by atoms with van der Waals surface area (Å²) in [5, 5.41) is 3.66. The highest BCUT2D eigenvalue weighted by Gasteiger charge is 2.17. The fraction of sp³-hybridized carbons (Fsp3) is 0.625. The van der Waals surface area contributed by atoms with E-state index in [0.29, 0.717) is 0 Å². The maximum atomic E-state index is 3.66. The molecule has 1 heterocycles. The van der Waals surface area contributed by atoms with Gasteiger partial charge < -0.3 is 10.2 Å². The van der Waals surface area contributed by atoms with E-state index in [4.69, 9.17) is 0 Å². The van der Waals surface area contributed by atoms with Crippen LogP contribution in [0.5, 0.6) is 0 Å². The standard InChI is InChI=1S/C16H26N2/c1-4-16(2,3)17-13-14-9-5-6-10-15(14)18-11-7-8-12-18/h5-6,9-10,17H,4,7-8,11-13H2,1-3H3. The summed E-state index contributed by atoms with van der Waals surface area (Å²) in [6.07, 6.45) is 3.82. The second-order valence-corrected chi connectivity index (χ2v) is 5.91. The van der Waals surface area contributed by atoms with Gasteiger partial charge in [-0.05, 0) is 44.7 Å². The largest absolute Gasteiger partial charge is 0.371 e. The molecule has 1 aromatic rings. The molecule has 1 aliphatic rings. The van der Waals surface area contributed by atoms with Gasteiger partial charge in [-0.2, -0.15) is 0 Å². The van der Waals surface area contributed by atoms with E-state index >= 15 is 0 Å². The Labute approximate surface area is 111 Å². The molecule has 0 aliphatic carbocycles. The maximum Gasteiger partial charge on any atom is 0.0411 e. The number of rotatable bonds is 5. The van der Waals surface area contributed by atoms with E-state index in [1.165, 1.54) is 37.2 Å². The van der Waals surface area contributed by atoms with E-state index in [-0.39, 0.29) is 5.54 Å². The summed E-state index contributed by atoms with van der Waals surface area (Å²) in [4.78, 5) is 2.52. The molecule has 2 rings (SSSR count). The lowest BCUT2D eigenvalue weighted by Crippen LogP contribution is -2.38. The molecular weight excluding hydrogens is 220 g/mol. The average molecular weight is 246 g/mol. The second kappa shape index (κ2) is 5.75. The smallest absolute Gasteiger partial charge is 0.0411 e. The van der Waals surface area contributed by atoms with Crippen molar-refractivity contribution >= 4 is 5.69 Å². The first-order chi connectivity index (χ1) is 8.62. The third-order valence-corrected chi connectivity index (χ3v) is 4.08. The third-order valence-electron chi connectivity index (χ3n) is 4.08. The van der Waals surface area contributed by atoms with Gasteiger partial charge in [-0.25, -0.2) is 0 Å². The Balaban J connectivity index is 2.07. The van der Waals surface area contributed by atoms with E-state index in [0.717, 1.165) is 13.0 Å². The van der Waals surface area contributed by atoms with Crippen molar-refractivity contribution in [2.24, 2.45) is 0 Å². The van der Waals surface area contributed by atoms with Crippen molar-refractivity contribution in [1.29, 1.82) is 0 Å². The Bertz CT molecular complexity index is 378. The van der Waals surface area contributed by atoms with Crippen LogP contribution in [0.1, 0.15) is 45.6 Å². The molecule has 0 amide bonds. The fourth-order valence-corrected chi connectivity index (χ4v) is 2.39. The molecule has 18 heavy (non-hydrogen) atoms. The summed E-state index contributed by atoms with van der Waals surface area (Å²) in [6.45, 7) is 10.2. The topological polar surface area (TPSA) is 15.3 Å². The van der Waals surface area contributed by atoms with Crippen LogP contribution < -0.4 is 10.2 Å². The SMILES string of the molecule is CCC(C)(C)NCc1ccccc1N1CCCC1. The van der Waals surface area contributed by atoms with Crippen molar-refractivity contribution in [1.82, 2.24) is 5.32 Å². The first-order valence-electron chi connectivity index (χ1n) is 7.20. The van der Waals surface area contributed by atoms with Crippen molar-refractivity contribution in [3.8, 4) is 0 Å². The van der Waals surface area contributed by atoms with Crippen molar-refractivity contribution in [3.05, 3.63) is 29.8 Å². The van der Waals surface area contributed by atoms with E-state index in [9.17, 15) is 0 Å². The minimum Gasteiger partial charge on any atom is -0.371 e. The number of hydrogen-bond acceptors (Lipinski definition) is 2. The van der Waals surface area contributed by atoms with Crippen molar-refractivity contribution in [2.45, 2.75) is 52.1 Å². The quantitative estimate of drug-likeness (QED) is 0.854. The van der Waals surface area contributed by atoms with Gasteiger partial charge in [0.05, 0.1) is 0 Å². The molecule has 0 aromatic heterocycles. The molecule has 0 radical (unpaired) electrons. The summed E-state index contributed by atoms with van der Waals surface area (Å²) >= 11 is 0. The molecule has 0 spiro atoms. The van der Waals surface area contributed by atoms with Crippen LogP contribution in [-0.4, -0.2) is 18.6 Å². The number of hydrogen-bond donors (Lipinski definition) is 1. The Hall–Kier alpha value is -1.02. The summed E-state index contributed by atoms with van der Waals surface area (Å²) in [5.74, 6) is 0. The number of nitrogens with zero attached hydrogens (tertiary/aromatic N) is 1. The van der Waals surface area contributed by atoms with Gasteiger partial charge in [-0.1, -0.05) is 25.1 Å². The Morgan fingerprint density at radius 1 is 1.17 bits per heavy atom. The molecule has 1 aromatic carbocycles. The van der Waals surface area contributed by atoms with E-state index in [1.807, 2.05) is 0 Å². The van der Waals surface area contributed by atoms with Gasteiger partial charge in [0.2, 0.25) is 0 Å². The lowest BCUT2D eigenvalue weighted by Gasteiger charge is -2.27. The zero-order chi connectivity index (χ0) is 13.0. The summed E-state index contributed by atoms with van der Waals surface area (Å²) in [5.41, 5.74) is 3.08. The summed E-state index contributed by atoms with van der Waals surface area (Å²) < 4.78 is 0. The minimum absolute atomic E-state index is 0.220. The molecule has 0 saturated carbocycles. The predicted molar refractivity (Wildman–Crippen MR) is 79.1 cm³/mol. The molecule has 2 heteroatoms. The minimum atomic E-state index is 0.220. The van der Waals surface area contributed by atoms with E-state index in [1.54, 1.807) is 0 Å². The van der Waals surface area contributed by atoms with Crippen LogP contribution in [0.4, 0.5) is 5.69 Å². The van der Waals surface area contributed by atoms with Crippen LogP contribution in [0.15, 0.2) is 24.3 Å². The molecule has 1 aliphatic heterocycles. The fourth-order valence-electron chi connectivity index (χ4n) is 2.39. The Morgan fingerprint density at radius 3 is 2.50 bits per heavy atom. The number of nitrogens with one attached hydrogen (secondary N) is 1. The van der Waals surface area contributed by atoms with Crippen LogP contribution in [0.3, 0.4) is 0 Å². The molecule has 100 valence electrons. The zero-order valence-electron chi connectivity index (χ0n) is 12.0. The van der Waals surface area contributed by atoms with Crippen molar-refractivity contribution in [3.63, 3.8) is 0 Å². The van der Waals surface area contributed by atoms with E-state index < -0.39 is 0 Å². The lowest BCUT2D eigenvalue weighted by molar-refractivity contribution is 0.374. The Kier molecular flexibility index (Phi) is 4.28. The van der Waals surface area contributed by atoms with Crippen LogP contribution in [0, 0.1) is 0 Å². The van der Waals surface area contributed by atoms with Gasteiger partial charge in [-0.3, -0.25) is 0 Å². The molecule has 1 saturated heterocycles. The van der Waals surface area contributed by atoms with Crippen LogP contribution in [-0.2, 0) is 6.54 Å². The highest BCUT2D eigenvalue weighted by Crippen LogP contribution is 2.25. The highest BCUT2D eigenvalue weighted by atomic mass is 15.1. The van der Waals surface area contributed by atoms with Crippen molar-refractivity contribution in [2.75, 3.05) is 18.0 Å². The predicted octanol–water partition coefficient (Wildman–Crippen LogP) is 3.57. The number of benzene rings is 1. The molecule has 0 unspecified atom stereocenters. The molecule has 2 nitrogen and oxygen atoms in total. The number of para-hydroxylation sites is 1. The van der Waals surface area contributed by atoms with Crippen molar-refractivity contribution < 1.29 is 0 Å². The Morgan fingerprint density at radius 2 is 1.83 bits per heavy atom. The number of anilines is 1. The molecular formula is C16H26N2. The van der Waals surface area contributed by atoms with Gasteiger partial charge >= 0.3 is 0 Å². The summed E-state index contributed by atoms with van der Waals surface area (Å²) in [6, 6.07) is 8.82. The van der Waals surface area contributed by atoms with E-state index in [2.05, 4.69) is 55.3 Å². The van der Waals surface area contributed by atoms with Gasteiger partial charge in [0.15, 0.2) is 0 Å². The molecule has 0 bridgehead atoms. The zero-order valence-corrected chi connectivity index (χ0v) is 12.0. The maximum absolute atomic E-state index is 3.66. The lowest BCUT2D eigenvalue weighted by atomic mass is 10.0. The van der Waals surface area contributed by atoms with Gasteiger partial charge in [-0.15, -0.1) is 0 Å². The monoisotopic (exact) mass is 246 g/mol. The average Bonchev–Trinajstić information content (AvgIpc) is 2.91. The third kappa shape index (κ3) is 3.26. The first-order valence-corrected chi connectivity index (χ1v) is 7.20.